The molecule has 0 amide bonds. The quantitative estimate of drug-likeness (QED) is 0.701. The number of fused-ring (bicyclic) bond motifs is 1. The largest absolute Gasteiger partial charge is 0.509 e. The first-order valence-corrected chi connectivity index (χ1v) is 5.60. The second-order valence-corrected chi connectivity index (χ2v) is 4.26. The molecule has 6 nitrogen and oxygen atoms in total. The number of cyclic esters (lactones) is 1. The molecule has 2 heterocycles. The minimum Gasteiger partial charge on any atom is -0.425 e. The predicted octanol–water partition coefficient (Wildman–Crippen LogP) is 0.341. The first-order valence-electron chi connectivity index (χ1n) is 5.60. The van der Waals surface area contributed by atoms with Gasteiger partial charge in [-0.25, -0.2) is 4.79 Å². The lowest BCUT2D eigenvalue weighted by Gasteiger charge is -2.32. The third-order valence-corrected chi connectivity index (χ3v) is 3.13. The van der Waals surface area contributed by atoms with Gasteiger partial charge in [0.15, 0.2) is 18.5 Å². The number of aliphatic hydroxyl groups is 2. The van der Waals surface area contributed by atoms with Crippen molar-refractivity contribution < 1.29 is 29.2 Å². The lowest BCUT2D eigenvalue weighted by atomic mass is 9.98. The molecule has 0 aliphatic carbocycles. The molecule has 2 fully saturated rings. The van der Waals surface area contributed by atoms with Crippen LogP contribution in [0.15, 0.2) is 30.3 Å². The zero-order chi connectivity index (χ0) is 12.7. The summed E-state index contributed by atoms with van der Waals surface area (Å²) in [7, 11) is 0. The number of carbonyl (C=O) groups is 1. The maximum absolute atomic E-state index is 11.3. The van der Waals surface area contributed by atoms with Gasteiger partial charge in [-0.2, -0.15) is 0 Å². The Bertz CT molecular complexity index is 447. The van der Waals surface area contributed by atoms with Gasteiger partial charge in [0.2, 0.25) is 0 Å². The van der Waals surface area contributed by atoms with Gasteiger partial charge >= 0.3 is 6.16 Å². The van der Waals surface area contributed by atoms with Crippen LogP contribution < -0.4 is 0 Å². The molecular formula is C12H12O6. The van der Waals surface area contributed by atoms with Crippen molar-refractivity contribution in [3.05, 3.63) is 35.9 Å². The number of aliphatic hydroxyl groups excluding tert-OH is 2. The normalized spacial score (nSPS) is 38.8. The van der Waals surface area contributed by atoms with E-state index in [-0.39, 0.29) is 0 Å². The van der Waals surface area contributed by atoms with Gasteiger partial charge in [0.1, 0.15) is 12.2 Å². The van der Waals surface area contributed by atoms with Crippen LogP contribution >= 0.6 is 0 Å². The Hall–Kier alpha value is -1.63. The number of hydrogen-bond acceptors (Lipinski definition) is 6. The Labute approximate surface area is 103 Å². The average molecular weight is 252 g/mol. The van der Waals surface area contributed by atoms with Gasteiger partial charge in [-0.3, -0.25) is 0 Å². The molecule has 3 rings (SSSR count). The fourth-order valence-electron chi connectivity index (χ4n) is 2.27. The average Bonchev–Trinajstić information content (AvgIpc) is 2.66. The highest BCUT2D eigenvalue weighted by Gasteiger charge is 2.53. The van der Waals surface area contributed by atoms with Crippen molar-refractivity contribution in [2.24, 2.45) is 0 Å². The van der Waals surface area contributed by atoms with Gasteiger partial charge in [-0.05, 0) is 5.56 Å². The minimum atomic E-state index is -1.37. The summed E-state index contributed by atoms with van der Waals surface area (Å²) in [6.07, 6.45) is -5.82. The number of hydrogen-bond donors (Lipinski definition) is 2. The third-order valence-electron chi connectivity index (χ3n) is 3.13. The van der Waals surface area contributed by atoms with Gasteiger partial charge in [0.05, 0.1) is 0 Å². The molecule has 5 atom stereocenters. The molecule has 2 saturated heterocycles. The van der Waals surface area contributed by atoms with E-state index in [1.165, 1.54) is 0 Å². The fraction of sp³-hybridized carbons (Fsp3) is 0.417. The van der Waals surface area contributed by atoms with Gasteiger partial charge in [-0.15, -0.1) is 0 Å². The van der Waals surface area contributed by atoms with E-state index in [0.717, 1.165) is 5.56 Å². The fourth-order valence-corrected chi connectivity index (χ4v) is 2.27. The van der Waals surface area contributed by atoms with Crippen LogP contribution in [-0.4, -0.2) is 41.0 Å². The van der Waals surface area contributed by atoms with Gasteiger partial charge < -0.3 is 24.4 Å². The number of carbonyl (C=O) groups excluding carboxylic acids is 1. The zero-order valence-corrected chi connectivity index (χ0v) is 9.30. The molecule has 1 aromatic rings. The van der Waals surface area contributed by atoms with Crippen LogP contribution in [0, 0.1) is 0 Å². The number of rotatable bonds is 1. The molecule has 0 saturated carbocycles. The van der Waals surface area contributed by atoms with Crippen molar-refractivity contribution in [1.82, 2.24) is 0 Å². The molecule has 96 valence electrons. The van der Waals surface area contributed by atoms with Crippen molar-refractivity contribution in [3.8, 4) is 0 Å². The Morgan fingerprint density at radius 3 is 2.44 bits per heavy atom. The topological polar surface area (TPSA) is 85.2 Å². The summed E-state index contributed by atoms with van der Waals surface area (Å²) in [5.41, 5.74) is 0.727. The van der Waals surface area contributed by atoms with Crippen molar-refractivity contribution in [2.45, 2.75) is 30.7 Å². The standard InChI is InChI=1S/C12H12O6/c13-7-9-10(16-11(7)14)8(17-12(15)18-9)6-4-2-1-3-5-6/h1-5,7-11,13-14H/t7-,8+,9-,10-,11?/m1/s1. The molecule has 1 aromatic carbocycles. The molecule has 18 heavy (non-hydrogen) atoms. The summed E-state index contributed by atoms with van der Waals surface area (Å²) in [4.78, 5) is 11.3. The maximum atomic E-state index is 11.3. The lowest BCUT2D eigenvalue weighted by molar-refractivity contribution is -0.162. The molecule has 0 spiro atoms. The van der Waals surface area contributed by atoms with Crippen LogP contribution in [0.25, 0.3) is 0 Å². The van der Waals surface area contributed by atoms with Crippen molar-refractivity contribution in [1.29, 1.82) is 0 Å². The van der Waals surface area contributed by atoms with E-state index < -0.39 is 36.9 Å². The summed E-state index contributed by atoms with van der Waals surface area (Å²) in [6.45, 7) is 0. The predicted molar refractivity (Wildman–Crippen MR) is 57.4 cm³/mol. The first-order chi connectivity index (χ1) is 8.66. The van der Waals surface area contributed by atoms with Crippen LogP contribution in [0.5, 0.6) is 0 Å². The van der Waals surface area contributed by atoms with Crippen molar-refractivity contribution >= 4 is 6.16 Å². The van der Waals surface area contributed by atoms with Gasteiger partial charge in [0.25, 0.3) is 0 Å². The monoisotopic (exact) mass is 252 g/mol. The summed E-state index contributed by atoms with van der Waals surface area (Å²) in [6, 6.07) is 8.99. The van der Waals surface area contributed by atoms with Crippen LogP contribution in [0.3, 0.4) is 0 Å². The number of benzene rings is 1. The maximum Gasteiger partial charge on any atom is 0.509 e. The summed E-state index contributed by atoms with van der Waals surface area (Å²) < 4.78 is 15.1. The van der Waals surface area contributed by atoms with E-state index >= 15 is 0 Å². The van der Waals surface area contributed by atoms with Gasteiger partial charge in [0, 0.05) is 0 Å². The highest BCUT2D eigenvalue weighted by Crippen LogP contribution is 2.38. The summed E-state index contributed by atoms with van der Waals surface area (Å²) in [5, 5.41) is 19.1. The molecule has 0 aromatic heterocycles. The minimum absolute atomic E-state index is 0.691. The molecule has 2 N–H and O–H groups in total. The highest BCUT2D eigenvalue weighted by molar-refractivity contribution is 5.62. The van der Waals surface area contributed by atoms with Crippen molar-refractivity contribution in [2.75, 3.05) is 0 Å². The Morgan fingerprint density at radius 1 is 1.00 bits per heavy atom. The highest BCUT2D eigenvalue weighted by atomic mass is 16.8. The second kappa shape index (κ2) is 4.24. The van der Waals surface area contributed by atoms with Crippen molar-refractivity contribution in [3.63, 3.8) is 0 Å². The lowest BCUT2D eigenvalue weighted by Crippen LogP contribution is -2.45. The van der Waals surface area contributed by atoms with E-state index in [1.54, 1.807) is 24.3 Å². The molecule has 2 aliphatic heterocycles. The summed E-state index contributed by atoms with van der Waals surface area (Å²) >= 11 is 0. The van der Waals surface area contributed by atoms with E-state index in [1.807, 2.05) is 6.07 Å². The SMILES string of the molecule is O=C1O[C@H]2[C@H](OC(O)[C@@H]2O)[C@H](c2ccccc2)O1. The van der Waals surface area contributed by atoms with Crippen LogP contribution in [0.1, 0.15) is 11.7 Å². The van der Waals surface area contributed by atoms with E-state index in [0.29, 0.717) is 0 Å². The molecule has 0 bridgehead atoms. The van der Waals surface area contributed by atoms with Crippen LogP contribution in [-0.2, 0) is 14.2 Å². The van der Waals surface area contributed by atoms with Crippen LogP contribution in [0.4, 0.5) is 4.79 Å². The third kappa shape index (κ3) is 1.74. The van der Waals surface area contributed by atoms with E-state index in [2.05, 4.69) is 0 Å². The van der Waals surface area contributed by atoms with Gasteiger partial charge in [-0.1, -0.05) is 30.3 Å². The molecule has 2 aliphatic rings. The number of ether oxygens (including phenoxy) is 3. The van der Waals surface area contributed by atoms with E-state index in [4.69, 9.17) is 14.2 Å². The second-order valence-electron chi connectivity index (χ2n) is 4.26. The Morgan fingerprint density at radius 2 is 1.72 bits per heavy atom. The first kappa shape index (κ1) is 11.5. The van der Waals surface area contributed by atoms with Crippen LogP contribution in [0.2, 0.25) is 0 Å². The summed E-state index contributed by atoms with van der Waals surface area (Å²) in [5.74, 6) is 0. The molecule has 1 unspecified atom stereocenters. The zero-order valence-electron chi connectivity index (χ0n) is 9.30. The smallest absolute Gasteiger partial charge is 0.425 e. The Balaban J connectivity index is 1.92. The molecule has 0 radical (unpaired) electrons. The van der Waals surface area contributed by atoms with E-state index in [9.17, 15) is 15.0 Å². The molecular weight excluding hydrogens is 240 g/mol. The Kier molecular flexibility index (Phi) is 2.70. The molecule has 6 heteroatoms.